The molecule has 0 bridgehead atoms. The van der Waals surface area contributed by atoms with E-state index in [1.807, 2.05) is 30.3 Å². The lowest BCUT2D eigenvalue weighted by Crippen LogP contribution is -2.52. The minimum Gasteiger partial charge on any atom is -0.456 e. The molecule has 4 aromatic rings. The van der Waals surface area contributed by atoms with Gasteiger partial charge >= 0.3 is 5.97 Å². The second-order valence-corrected chi connectivity index (χ2v) is 10.9. The maximum atomic E-state index is 13.7. The first-order chi connectivity index (χ1) is 20.2. The molecule has 1 aliphatic rings. The second-order valence-electron chi connectivity index (χ2n) is 10.5. The van der Waals surface area contributed by atoms with E-state index in [1.165, 1.54) is 21.1 Å². The predicted molar refractivity (Wildman–Crippen MR) is 155 cm³/mol. The number of hydrogen-bond acceptors (Lipinski definition) is 10. The zero-order valence-corrected chi connectivity index (χ0v) is 24.1. The minimum absolute atomic E-state index is 0.0395. The first-order valence-corrected chi connectivity index (χ1v) is 13.6. The largest absolute Gasteiger partial charge is 0.456 e. The third-order valence-electron chi connectivity index (χ3n) is 6.17. The van der Waals surface area contributed by atoms with Crippen LogP contribution in [0, 0.1) is 0 Å². The van der Waals surface area contributed by atoms with Gasteiger partial charge in [0.25, 0.3) is 0 Å². The van der Waals surface area contributed by atoms with Crippen molar-refractivity contribution < 1.29 is 24.0 Å². The topological polar surface area (TPSA) is 124 Å². The quantitative estimate of drug-likeness (QED) is 0.294. The van der Waals surface area contributed by atoms with Crippen LogP contribution in [-0.4, -0.2) is 62.3 Å². The Labute approximate surface area is 247 Å². The monoisotopic (exact) mass is 591 g/mol. The Hall–Kier alpha value is -4.36. The van der Waals surface area contributed by atoms with Crippen molar-refractivity contribution in [1.82, 2.24) is 25.3 Å². The highest BCUT2D eigenvalue weighted by molar-refractivity contribution is 6.31. The molecule has 3 aromatic carbocycles. The van der Waals surface area contributed by atoms with Gasteiger partial charge in [-0.15, -0.1) is 10.2 Å². The van der Waals surface area contributed by atoms with Crippen LogP contribution < -0.4 is 10.4 Å². The molecule has 5 rings (SSSR count). The van der Waals surface area contributed by atoms with Crippen LogP contribution in [0.4, 0.5) is 11.4 Å². The molecule has 1 N–H and O–H groups in total. The lowest BCUT2D eigenvalue weighted by atomic mass is 10.0. The summed E-state index contributed by atoms with van der Waals surface area (Å²) in [6, 6.07) is 20.6. The van der Waals surface area contributed by atoms with Gasteiger partial charge in [-0.25, -0.2) is 9.86 Å². The number of anilines is 2. The van der Waals surface area contributed by atoms with Gasteiger partial charge in [0.2, 0.25) is 5.91 Å². The minimum atomic E-state index is -0.766. The van der Waals surface area contributed by atoms with Crippen molar-refractivity contribution >= 4 is 34.9 Å². The Kier molecular flexibility index (Phi) is 8.78. The fourth-order valence-electron chi connectivity index (χ4n) is 4.26. The van der Waals surface area contributed by atoms with Gasteiger partial charge in [0.15, 0.2) is 13.5 Å². The van der Waals surface area contributed by atoms with Gasteiger partial charge in [-0.1, -0.05) is 48.0 Å². The number of ether oxygens (including phenoxy) is 1. The van der Waals surface area contributed by atoms with Gasteiger partial charge in [0, 0.05) is 10.7 Å². The number of benzene rings is 3. The van der Waals surface area contributed by atoms with Crippen molar-refractivity contribution in [2.24, 2.45) is 0 Å². The summed E-state index contributed by atoms with van der Waals surface area (Å²) in [6.45, 7) is 5.29. The number of hydrogen-bond donors (Lipinski definition) is 1. The molecule has 218 valence electrons. The molecule has 42 heavy (non-hydrogen) atoms. The number of amides is 1. The van der Waals surface area contributed by atoms with Crippen LogP contribution in [0.5, 0.6) is 0 Å². The third kappa shape index (κ3) is 7.28. The van der Waals surface area contributed by atoms with E-state index in [2.05, 4.69) is 20.8 Å². The number of tetrazole rings is 1. The van der Waals surface area contributed by atoms with Crippen molar-refractivity contribution in [1.29, 1.82) is 0 Å². The zero-order valence-electron chi connectivity index (χ0n) is 23.3. The van der Waals surface area contributed by atoms with Crippen LogP contribution in [0.1, 0.15) is 36.7 Å². The maximum absolute atomic E-state index is 13.7. The molecule has 0 saturated carbocycles. The summed E-state index contributed by atoms with van der Waals surface area (Å²) in [7, 11) is 0. The molecule has 1 aromatic heterocycles. The second kappa shape index (κ2) is 12.7. The maximum Gasteiger partial charge on any atom is 0.338 e. The van der Waals surface area contributed by atoms with Gasteiger partial charge in [0.1, 0.15) is 18.0 Å². The Bertz CT molecular complexity index is 1520. The Morgan fingerprint density at radius 2 is 1.81 bits per heavy atom. The average Bonchev–Trinajstić information content (AvgIpc) is 3.51. The summed E-state index contributed by atoms with van der Waals surface area (Å²) in [5, 5.41) is 17.8. The molecular formula is C29H30ClN7O5. The van der Waals surface area contributed by atoms with Crippen LogP contribution in [0.15, 0.2) is 79.1 Å². The van der Waals surface area contributed by atoms with Crippen molar-refractivity contribution in [2.45, 2.75) is 38.8 Å². The molecule has 0 aliphatic carbocycles. The van der Waals surface area contributed by atoms with Gasteiger partial charge in [-0.2, -0.15) is 4.68 Å². The number of carbonyl (C=O) groups excluding carboxylic acids is 2. The van der Waals surface area contributed by atoms with Crippen LogP contribution in [0.2, 0.25) is 5.02 Å². The summed E-state index contributed by atoms with van der Waals surface area (Å²) in [5.41, 5.74) is 2.28. The van der Waals surface area contributed by atoms with Crippen LogP contribution in [-0.2, 0) is 25.6 Å². The van der Waals surface area contributed by atoms with Crippen molar-refractivity contribution in [3.63, 3.8) is 0 Å². The number of aromatic nitrogens is 4. The van der Waals surface area contributed by atoms with E-state index in [4.69, 9.17) is 26.0 Å². The highest BCUT2D eigenvalue weighted by Crippen LogP contribution is 2.30. The molecule has 1 atom stereocenters. The molecule has 1 saturated heterocycles. The third-order valence-corrected chi connectivity index (χ3v) is 6.41. The molecule has 1 fully saturated rings. The molecule has 1 unspecified atom stereocenters. The van der Waals surface area contributed by atoms with Crippen LogP contribution in [0.25, 0.3) is 5.69 Å². The number of hydroxylamine groups is 3. The summed E-state index contributed by atoms with van der Waals surface area (Å²) < 4.78 is 6.95. The summed E-state index contributed by atoms with van der Waals surface area (Å²) in [6.07, 6.45) is 1.80. The highest BCUT2D eigenvalue weighted by Gasteiger charge is 2.33. The fourth-order valence-corrected chi connectivity index (χ4v) is 4.42. The summed E-state index contributed by atoms with van der Waals surface area (Å²) >= 11 is 6.27. The van der Waals surface area contributed by atoms with Crippen LogP contribution in [0.3, 0.4) is 0 Å². The first kappa shape index (κ1) is 29.1. The standard InChI is InChI=1S/C29H30ClN7O5/c1-29(2,3)42-28(39)21-10-7-11-23(15-21)32-27(38)26(14-20-8-5-4-6-9-20)37-19-40-36(18-41-37)25-16-22(30)12-13-24(25)35-17-31-33-34-35/h4-13,15-17,26H,14,18-19H2,1-3H3,(H,32,38). The molecule has 12 nitrogen and oxygen atoms in total. The van der Waals surface area contributed by atoms with E-state index in [0.717, 1.165) is 5.56 Å². The van der Waals surface area contributed by atoms with E-state index in [0.29, 0.717) is 34.1 Å². The van der Waals surface area contributed by atoms with E-state index in [1.54, 1.807) is 63.2 Å². The Morgan fingerprint density at radius 1 is 1.00 bits per heavy atom. The number of halogens is 1. The van der Waals surface area contributed by atoms with E-state index in [-0.39, 0.29) is 19.4 Å². The summed E-state index contributed by atoms with van der Waals surface area (Å²) in [4.78, 5) is 38.4. The highest BCUT2D eigenvalue weighted by atomic mass is 35.5. The SMILES string of the molecule is CC(C)(C)OC(=O)c1cccc(NC(=O)C(Cc2ccccc2)N2CON(c3cc(Cl)ccc3-n3cnnn3)CO2)c1. The van der Waals surface area contributed by atoms with Crippen molar-refractivity contribution in [3.05, 3.63) is 95.3 Å². The average molecular weight is 592 g/mol. The van der Waals surface area contributed by atoms with Gasteiger partial charge in [-0.05, 0) is 79.6 Å². The Balaban J connectivity index is 1.33. The van der Waals surface area contributed by atoms with Crippen molar-refractivity contribution in [2.75, 3.05) is 23.8 Å². The molecule has 0 spiro atoms. The number of carbonyl (C=O) groups is 2. The normalized spacial score (nSPS) is 14.8. The lowest BCUT2D eigenvalue weighted by molar-refractivity contribution is -0.279. The molecule has 1 aliphatic heterocycles. The van der Waals surface area contributed by atoms with Gasteiger partial charge < -0.3 is 10.1 Å². The van der Waals surface area contributed by atoms with Crippen LogP contribution >= 0.6 is 11.6 Å². The van der Waals surface area contributed by atoms with E-state index >= 15 is 0 Å². The number of nitrogens with zero attached hydrogens (tertiary/aromatic N) is 6. The number of nitrogens with one attached hydrogen (secondary N) is 1. The predicted octanol–water partition coefficient (Wildman–Crippen LogP) is 4.42. The molecule has 1 amide bonds. The van der Waals surface area contributed by atoms with Crippen molar-refractivity contribution in [3.8, 4) is 5.69 Å². The molecule has 2 heterocycles. The Morgan fingerprint density at radius 3 is 2.50 bits per heavy atom. The number of rotatable bonds is 8. The first-order valence-electron chi connectivity index (χ1n) is 13.2. The fraction of sp³-hybridized carbons (Fsp3) is 0.276. The molecular weight excluding hydrogens is 562 g/mol. The molecule has 0 radical (unpaired) electrons. The van der Waals surface area contributed by atoms with E-state index in [9.17, 15) is 9.59 Å². The smallest absolute Gasteiger partial charge is 0.338 e. The number of esters is 1. The van der Waals surface area contributed by atoms with Gasteiger partial charge in [0.05, 0.1) is 16.9 Å². The zero-order chi connectivity index (χ0) is 29.7. The van der Waals surface area contributed by atoms with E-state index < -0.39 is 17.6 Å². The van der Waals surface area contributed by atoms with Gasteiger partial charge in [-0.3, -0.25) is 14.5 Å². The lowest BCUT2D eigenvalue weighted by Gasteiger charge is -2.38. The summed E-state index contributed by atoms with van der Waals surface area (Å²) in [5.74, 6) is -0.816. The molecule has 13 heteroatoms.